The van der Waals surface area contributed by atoms with Crippen LogP contribution in [0.15, 0.2) is 24.4 Å². The number of fused-ring (bicyclic) bond motifs is 1. The van der Waals surface area contributed by atoms with Crippen LogP contribution in [0.25, 0.3) is 11.3 Å². The van der Waals surface area contributed by atoms with Crippen LogP contribution in [0.3, 0.4) is 0 Å². The van der Waals surface area contributed by atoms with Gasteiger partial charge in [-0.05, 0) is 57.4 Å². The van der Waals surface area contributed by atoms with Gasteiger partial charge in [0.15, 0.2) is 0 Å². The van der Waals surface area contributed by atoms with Gasteiger partial charge in [-0.1, -0.05) is 19.3 Å². The van der Waals surface area contributed by atoms with Crippen LogP contribution in [0.1, 0.15) is 64.0 Å². The topological polar surface area (TPSA) is 87.7 Å². The van der Waals surface area contributed by atoms with Gasteiger partial charge in [0.2, 0.25) is 0 Å². The van der Waals surface area contributed by atoms with Crippen molar-refractivity contribution in [2.75, 3.05) is 36.4 Å². The SMILES string of the molecule is CC(C)(C)OC(=O)N1CCN(c2nc(-c3ccnc(NC4CCCCC4)c3)cc3c2CC(=O)C3)CC1. The van der Waals surface area contributed by atoms with Crippen molar-refractivity contribution in [2.45, 2.75) is 77.4 Å². The van der Waals surface area contributed by atoms with Gasteiger partial charge in [-0.3, -0.25) is 4.79 Å². The van der Waals surface area contributed by atoms with Crippen LogP contribution in [0.4, 0.5) is 16.4 Å². The minimum absolute atomic E-state index is 0.229. The molecule has 8 nitrogen and oxygen atoms in total. The Morgan fingerprint density at radius 3 is 2.53 bits per heavy atom. The van der Waals surface area contributed by atoms with Gasteiger partial charge >= 0.3 is 6.09 Å². The number of carbonyl (C=O) groups excluding carboxylic acids is 2. The fraction of sp³-hybridized carbons (Fsp3) is 0.571. The van der Waals surface area contributed by atoms with Crippen LogP contribution in [-0.2, 0) is 22.4 Å². The van der Waals surface area contributed by atoms with E-state index in [1.165, 1.54) is 32.1 Å². The molecule has 1 saturated carbocycles. The molecule has 3 aliphatic rings. The average molecular weight is 492 g/mol. The maximum absolute atomic E-state index is 12.5. The van der Waals surface area contributed by atoms with Crippen molar-refractivity contribution in [3.63, 3.8) is 0 Å². The third-order valence-corrected chi connectivity index (χ3v) is 7.20. The number of Topliss-reactive ketones (excluding diaryl/α,β-unsaturated/α-hetero) is 1. The molecule has 0 aromatic carbocycles. The minimum atomic E-state index is -0.513. The molecule has 0 bridgehead atoms. The Bertz CT molecular complexity index is 1130. The molecule has 1 N–H and O–H groups in total. The summed E-state index contributed by atoms with van der Waals surface area (Å²) in [5.74, 6) is 1.98. The quantitative estimate of drug-likeness (QED) is 0.668. The molecule has 5 rings (SSSR count). The second kappa shape index (κ2) is 10.1. The molecule has 1 saturated heterocycles. The predicted octanol–water partition coefficient (Wildman–Crippen LogP) is 4.61. The van der Waals surface area contributed by atoms with Crippen LogP contribution in [0.5, 0.6) is 0 Å². The maximum atomic E-state index is 12.5. The smallest absolute Gasteiger partial charge is 0.410 e. The molecule has 0 atom stereocenters. The summed E-state index contributed by atoms with van der Waals surface area (Å²) in [5, 5.41) is 3.61. The lowest BCUT2D eigenvalue weighted by molar-refractivity contribution is -0.117. The second-order valence-electron chi connectivity index (χ2n) is 11.2. The van der Waals surface area contributed by atoms with Crippen molar-refractivity contribution >= 4 is 23.5 Å². The highest BCUT2D eigenvalue weighted by molar-refractivity contribution is 5.91. The summed E-state index contributed by atoms with van der Waals surface area (Å²) in [7, 11) is 0. The van der Waals surface area contributed by atoms with Crippen LogP contribution in [0, 0.1) is 0 Å². The van der Waals surface area contributed by atoms with E-state index in [0.29, 0.717) is 45.1 Å². The number of anilines is 2. The minimum Gasteiger partial charge on any atom is -0.444 e. The Labute approximate surface area is 213 Å². The van der Waals surface area contributed by atoms with E-state index in [1.807, 2.05) is 33.0 Å². The maximum Gasteiger partial charge on any atom is 0.410 e. The van der Waals surface area contributed by atoms with Crippen molar-refractivity contribution in [3.05, 3.63) is 35.5 Å². The number of hydrogen-bond acceptors (Lipinski definition) is 7. The highest BCUT2D eigenvalue weighted by Crippen LogP contribution is 2.34. The van der Waals surface area contributed by atoms with E-state index in [4.69, 9.17) is 9.72 Å². The summed E-state index contributed by atoms with van der Waals surface area (Å²) in [6, 6.07) is 6.61. The number of nitrogens with zero attached hydrogens (tertiary/aromatic N) is 4. The number of pyridine rings is 2. The number of ketones is 1. The first-order chi connectivity index (χ1) is 17.2. The number of nitrogens with one attached hydrogen (secondary N) is 1. The van der Waals surface area contributed by atoms with Gasteiger partial charge in [0.1, 0.15) is 23.0 Å². The number of amides is 1. The fourth-order valence-electron chi connectivity index (χ4n) is 5.39. The molecule has 2 aromatic heterocycles. The van der Waals surface area contributed by atoms with Crippen molar-refractivity contribution in [1.82, 2.24) is 14.9 Å². The Morgan fingerprint density at radius 2 is 1.81 bits per heavy atom. The Morgan fingerprint density at radius 1 is 1.06 bits per heavy atom. The van der Waals surface area contributed by atoms with Crippen LogP contribution < -0.4 is 10.2 Å². The largest absolute Gasteiger partial charge is 0.444 e. The molecular weight excluding hydrogens is 454 g/mol. The number of carbonyl (C=O) groups is 2. The zero-order chi connectivity index (χ0) is 25.3. The summed E-state index contributed by atoms with van der Waals surface area (Å²) in [5.41, 5.74) is 3.44. The molecule has 1 aliphatic heterocycles. The second-order valence-corrected chi connectivity index (χ2v) is 11.2. The van der Waals surface area contributed by atoms with Crippen molar-refractivity contribution in [1.29, 1.82) is 0 Å². The van der Waals surface area contributed by atoms with Crippen molar-refractivity contribution in [2.24, 2.45) is 0 Å². The highest BCUT2D eigenvalue weighted by atomic mass is 16.6. The standard InChI is InChI=1S/C28H37N5O3/c1-28(2,3)36-27(35)33-13-11-32(12-14-33)26-23-18-22(34)15-20(23)16-24(31-26)19-9-10-29-25(17-19)30-21-7-5-4-6-8-21/h9-10,16-17,21H,4-8,11-15,18H2,1-3H3,(H,29,30). The normalized spacial score (nSPS) is 18.8. The van der Waals surface area contributed by atoms with E-state index in [-0.39, 0.29) is 11.9 Å². The molecule has 0 spiro atoms. The zero-order valence-corrected chi connectivity index (χ0v) is 21.7. The van der Waals surface area contributed by atoms with Crippen LogP contribution >= 0.6 is 0 Å². The van der Waals surface area contributed by atoms with E-state index < -0.39 is 5.60 Å². The number of piperazine rings is 1. The Hall–Kier alpha value is -3.16. The Kier molecular flexibility index (Phi) is 6.86. The Balaban J connectivity index is 1.36. The lowest BCUT2D eigenvalue weighted by atomic mass is 9.95. The van der Waals surface area contributed by atoms with Gasteiger partial charge in [0.25, 0.3) is 0 Å². The first-order valence-corrected chi connectivity index (χ1v) is 13.3. The number of aromatic nitrogens is 2. The monoisotopic (exact) mass is 491 g/mol. The zero-order valence-electron chi connectivity index (χ0n) is 21.7. The summed E-state index contributed by atoms with van der Waals surface area (Å²) < 4.78 is 5.55. The molecule has 0 unspecified atom stereocenters. The van der Waals surface area contributed by atoms with Crippen LogP contribution in [0.2, 0.25) is 0 Å². The third-order valence-electron chi connectivity index (χ3n) is 7.20. The molecular formula is C28H37N5O3. The average Bonchev–Trinajstić information content (AvgIpc) is 3.23. The molecule has 0 radical (unpaired) electrons. The highest BCUT2D eigenvalue weighted by Gasteiger charge is 2.30. The van der Waals surface area contributed by atoms with E-state index in [1.54, 1.807) is 4.90 Å². The van der Waals surface area contributed by atoms with Gasteiger partial charge in [-0.2, -0.15) is 0 Å². The van der Waals surface area contributed by atoms with Gasteiger partial charge < -0.3 is 19.9 Å². The van der Waals surface area contributed by atoms with Gasteiger partial charge in [0.05, 0.1) is 5.69 Å². The van der Waals surface area contributed by atoms with Gasteiger partial charge in [0, 0.05) is 62.4 Å². The van der Waals surface area contributed by atoms with Crippen molar-refractivity contribution in [3.8, 4) is 11.3 Å². The lowest BCUT2D eigenvalue weighted by Gasteiger charge is -2.37. The summed E-state index contributed by atoms with van der Waals surface area (Å²) >= 11 is 0. The fourth-order valence-corrected chi connectivity index (χ4v) is 5.39. The molecule has 2 fully saturated rings. The molecule has 3 heterocycles. The predicted molar refractivity (Wildman–Crippen MR) is 140 cm³/mol. The number of ether oxygens (including phenoxy) is 1. The van der Waals surface area contributed by atoms with E-state index in [0.717, 1.165) is 34.0 Å². The lowest BCUT2D eigenvalue weighted by Crippen LogP contribution is -2.50. The number of hydrogen-bond donors (Lipinski definition) is 1. The van der Waals surface area contributed by atoms with E-state index >= 15 is 0 Å². The van der Waals surface area contributed by atoms with E-state index in [2.05, 4.69) is 27.3 Å². The van der Waals surface area contributed by atoms with E-state index in [9.17, 15) is 9.59 Å². The van der Waals surface area contributed by atoms with Crippen LogP contribution in [-0.4, -0.2) is 64.6 Å². The summed E-state index contributed by atoms with van der Waals surface area (Å²) in [6.45, 7) is 8.08. The van der Waals surface area contributed by atoms with Gasteiger partial charge in [-0.15, -0.1) is 0 Å². The summed E-state index contributed by atoms with van der Waals surface area (Å²) in [4.78, 5) is 38.5. The van der Waals surface area contributed by atoms with Crippen molar-refractivity contribution < 1.29 is 14.3 Å². The molecule has 36 heavy (non-hydrogen) atoms. The summed E-state index contributed by atoms with van der Waals surface area (Å²) in [6.07, 6.45) is 8.65. The molecule has 1 amide bonds. The first kappa shape index (κ1) is 24.5. The molecule has 2 aliphatic carbocycles. The molecule has 192 valence electrons. The molecule has 8 heteroatoms. The number of rotatable bonds is 4. The third kappa shape index (κ3) is 5.63. The van der Waals surface area contributed by atoms with Gasteiger partial charge in [-0.25, -0.2) is 14.8 Å². The molecule has 2 aromatic rings. The first-order valence-electron chi connectivity index (χ1n) is 13.3.